The molecule has 37 heavy (non-hydrogen) atoms. The van der Waals surface area contributed by atoms with E-state index < -0.39 is 30.1 Å². The maximum absolute atomic E-state index is 13.8. The Morgan fingerprint density at radius 1 is 1.08 bits per heavy atom. The van der Waals surface area contributed by atoms with Crippen LogP contribution in [0.5, 0.6) is 0 Å². The van der Waals surface area contributed by atoms with Gasteiger partial charge in [0.2, 0.25) is 0 Å². The summed E-state index contributed by atoms with van der Waals surface area (Å²) in [5, 5.41) is 8.96. The Bertz CT molecular complexity index is 1400. The molecule has 1 N–H and O–H groups in total. The number of hydrazone groups is 1. The molecule has 8 nitrogen and oxygen atoms in total. The van der Waals surface area contributed by atoms with E-state index in [0.29, 0.717) is 18.6 Å². The smallest absolute Gasteiger partial charge is 0.325 e. The quantitative estimate of drug-likeness (QED) is 0.540. The number of nitrogens with one attached hydrogen (secondary N) is 1. The van der Waals surface area contributed by atoms with E-state index in [1.807, 2.05) is 61.5 Å². The van der Waals surface area contributed by atoms with Crippen molar-refractivity contribution in [1.82, 2.24) is 15.2 Å². The second-order valence-electron chi connectivity index (χ2n) is 9.98. The summed E-state index contributed by atoms with van der Waals surface area (Å²) in [6.45, 7) is 1.62. The third kappa shape index (κ3) is 3.93. The first-order valence-electron chi connectivity index (χ1n) is 12.7. The second kappa shape index (κ2) is 9.03. The predicted molar refractivity (Wildman–Crippen MR) is 137 cm³/mol. The van der Waals surface area contributed by atoms with E-state index in [1.54, 1.807) is 12.3 Å². The van der Waals surface area contributed by atoms with Gasteiger partial charge in [-0.15, -0.1) is 0 Å². The summed E-state index contributed by atoms with van der Waals surface area (Å²) in [6, 6.07) is 18.3. The summed E-state index contributed by atoms with van der Waals surface area (Å²) >= 11 is 0. The normalized spacial score (nSPS) is 23.2. The second-order valence-corrected chi connectivity index (χ2v) is 9.98. The molecule has 2 aliphatic heterocycles. The highest BCUT2D eigenvalue weighted by Crippen LogP contribution is 2.39. The lowest BCUT2D eigenvalue weighted by molar-refractivity contribution is -0.140. The Labute approximate surface area is 214 Å². The van der Waals surface area contributed by atoms with Crippen molar-refractivity contribution < 1.29 is 18.8 Å². The third-order valence-corrected chi connectivity index (χ3v) is 7.62. The van der Waals surface area contributed by atoms with Crippen LogP contribution in [-0.2, 0) is 21.5 Å². The predicted octanol–water partition coefficient (Wildman–Crippen LogP) is 4.44. The molecule has 3 aromatic rings. The zero-order valence-electron chi connectivity index (χ0n) is 20.6. The molecular weight excluding hydrogens is 468 g/mol. The van der Waals surface area contributed by atoms with Gasteiger partial charge < -0.3 is 9.73 Å². The molecular formula is C29H28N4O4. The zero-order chi connectivity index (χ0) is 25.6. The molecule has 3 aliphatic rings. The van der Waals surface area contributed by atoms with Crippen LogP contribution in [0.4, 0.5) is 4.79 Å². The minimum absolute atomic E-state index is 0.378. The van der Waals surface area contributed by atoms with Crippen LogP contribution in [0.3, 0.4) is 0 Å². The molecule has 1 fully saturated rings. The summed E-state index contributed by atoms with van der Waals surface area (Å²) in [6.07, 6.45) is 5.14. The fourth-order valence-corrected chi connectivity index (χ4v) is 5.69. The fraction of sp³-hybridized carbons (Fsp3) is 0.310. The Kier molecular flexibility index (Phi) is 5.67. The average molecular weight is 497 g/mol. The molecule has 3 heterocycles. The van der Waals surface area contributed by atoms with Crippen LogP contribution >= 0.6 is 0 Å². The van der Waals surface area contributed by atoms with E-state index in [9.17, 15) is 14.4 Å². The lowest BCUT2D eigenvalue weighted by Crippen LogP contribution is -2.45. The van der Waals surface area contributed by atoms with Gasteiger partial charge in [-0.25, -0.2) is 9.80 Å². The van der Waals surface area contributed by atoms with Crippen molar-refractivity contribution in [2.45, 2.75) is 50.6 Å². The lowest BCUT2D eigenvalue weighted by Gasteiger charge is -2.27. The van der Waals surface area contributed by atoms with Crippen molar-refractivity contribution in [2.24, 2.45) is 5.10 Å². The minimum Gasteiger partial charge on any atom is -0.467 e. The Balaban J connectivity index is 1.29. The highest BCUT2D eigenvalue weighted by molar-refractivity contribution is 6.10. The summed E-state index contributed by atoms with van der Waals surface area (Å²) in [5.74, 6) is -0.215. The van der Waals surface area contributed by atoms with E-state index in [1.165, 1.54) is 5.01 Å². The number of hydrogen-bond acceptors (Lipinski definition) is 5. The summed E-state index contributed by atoms with van der Waals surface area (Å²) in [7, 11) is 0. The number of fused-ring (bicyclic) bond motifs is 2. The Hall–Kier alpha value is -4.20. The molecule has 0 unspecified atom stereocenters. The van der Waals surface area contributed by atoms with Crippen LogP contribution in [0.2, 0.25) is 0 Å². The average Bonchev–Trinajstić information content (AvgIpc) is 3.60. The number of hydrogen-bond donors (Lipinski definition) is 1. The van der Waals surface area contributed by atoms with Crippen molar-refractivity contribution in [3.8, 4) is 0 Å². The molecule has 8 heteroatoms. The van der Waals surface area contributed by atoms with Crippen LogP contribution in [-0.4, -0.2) is 40.0 Å². The van der Waals surface area contributed by atoms with Crippen molar-refractivity contribution in [2.75, 3.05) is 6.54 Å². The monoisotopic (exact) mass is 496 g/mol. The largest absolute Gasteiger partial charge is 0.467 e. The molecule has 6 rings (SSSR count). The number of carbonyl (C=O) groups is 3. The SMILES string of the molecule is Cc1ccc(C2=NN(C(=O)CN3C(=O)N[C@@]4(CCCCc5ccccc54)C3=O)[C@@H](c3ccco3)C2)cc1. The van der Waals surface area contributed by atoms with Gasteiger partial charge in [0.25, 0.3) is 11.8 Å². The zero-order valence-corrected chi connectivity index (χ0v) is 20.6. The molecule has 2 atom stereocenters. The Morgan fingerprint density at radius 3 is 2.68 bits per heavy atom. The maximum Gasteiger partial charge on any atom is 0.325 e. The molecule has 0 radical (unpaired) electrons. The van der Waals surface area contributed by atoms with Gasteiger partial charge >= 0.3 is 6.03 Å². The van der Waals surface area contributed by atoms with Crippen molar-refractivity contribution in [1.29, 1.82) is 0 Å². The fourth-order valence-electron chi connectivity index (χ4n) is 5.69. The van der Waals surface area contributed by atoms with Crippen LogP contribution in [0, 0.1) is 6.92 Å². The van der Waals surface area contributed by atoms with Gasteiger partial charge in [0, 0.05) is 6.42 Å². The maximum atomic E-state index is 13.8. The van der Waals surface area contributed by atoms with E-state index in [2.05, 4.69) is 10.4 Å². The molecule has 0 saturated carbocycles. The molecule has 1 aromatic heterocycles. The van der Waals surface area contributed by atoms with E-state index in [0.717, 1.165) is 52.1 Å². The van der Waals surface area contributed by atoms with Gasteiger partial charge in [-0.05, 0) is 61.4 Å². The topological polar surface area (TPSA) is 95.2 Å². The highest BCUT2D eigenvalue weighted by Gasteiger charge is 2.54. The van der Waals surface area contributed by atoms with Crippen molar-refractivity contribution in [3.63, 3.8) is 0 Å². The van der Waals surface area contributed by atoms with Gasteiger partial charge in [0.05, 0.1) is 12.0 Å². The number of nitrogens with zero attached hydrogens (tertiary/aromatic N) is 3. The number of furan rings is 1. The highest BCUT2D eigenvalue weighted by atomic mass is 16.3. The number of amides is 4. The number of carbonyl (C=O) groups excluding carboxylic acids is 3. The van der Waals surface area contributed by atoms with Gasteiger partial charge in [-0.2, -0.15) is 5.10 Å². The van der Waals surface area contributed by atoms with E-state index in [-0.39, 0.29) is 5.91 Å². The Morgan fingerprint density at radius 2 is 1.89 bits per heavy atom. The van der Waals surface area contributed by atoms with E-state index >= 15 is 0 Å². The van der Waals surface area contributed by atoms with Crippen molar-refractivity contribution >= 4 is 23.6 Å². The van der Waals surface area contributed by atoms with Crippen LogP contribution in [0.1, 0.15) is 59.7 Å². The van der Waals surface area contributed by atoms with Crippen LogP contribution < -0.4 is 5.32 Å². The molecule has 1 saturated heterocycles. The third-order valence-electron chi connectivity index (χ3n) is 7.62. The van der Waals surface area contributed by atoms with E-state index in [4.69, 9.17) is 4.42 Å². The summed E-state index contributed by atoms with van der Waals surface area (Å²) in [5.41, 5.74) is 3.56. The molecule has 2 aromatic carbocycles. The van der Waals surface area contributed by atoms with Gasteiger partial charge in [0.1, 0.15) is 23.9 Å². The van der Waals surface area contributed by atoms with Crippen LogP contribution in [0.25, 0.3) is 0 Å². The number of urea groups is 1. The first-order chi connectivity index (χ1) is 18.0. The number of rotatable bonds is 4. The molecule has 188 valence electrons. The van der Waals surface area contributed by atoms with Gasteiger partial charge in [0.15, 0.2) is 0 Å². The number of benzene rings is 2. The first kappa shape index (κ1) is 23.2. The van der Waals surface area contributed by atoms with Gasteiger partial charge in [-0.3, -0.25) is 14.5 Å². The molecule has 1 spiro atoms. The standard InChI is InChI=1S/C29H28N4O4/c1-19-11-13-21(14-12-19)23-17-24(25-10-6-16-37-25)33(31-23)26(34)18-32-27(35)29(30-28(32)36)15-5-4-8-20-7-2-3-9-22(20)29/h2-3,6-7,9-14,16,24H,4-5,8,15,17-18H2,1H3,(H,30,36)/t24-,29-/m1/s1. The molecule has 4 amide bonds. The molecule has 1 aliphatic carbocycles. The first-order valence-corrected chi connectivity index (χ1v) is 12.7. The summed E-state index contributed by atoms with van der Waals surface area (Å²) in [4.78, 5) is 41.6. The number of imide groups is 1. The lowest BCUT2D eigenvalue weighted by atomic mass is 9.84. The minimum atomic E-state index is -1.13. The van der Waals surface area contributed by atoms with Gasteiger partial charge in [-0.1, -0.05) is 54.1 Å². The summed E-state index contributed by atoms with van der Waals surface area (Å²) < 4.78 is 5.63. The number of aryl methyl sites for hydroxylation is 2. The molecule has 0 bridgehead atoms. The van der Waals surface area contributed by atoms with Crippen molar-refractivity contribution in [3.05, 3.63) is 94.9 Å². The van der Waals surface area contributed by atoms with Crippen LogP contribution in [0.15, 0.2) is 76.4 Å².